The molecule has 0 bridgehead atoms. The highest BCUT2D eigenvalue weighted by molar-refractivity contribution is 5.92. The van der Waals surface area contributed by atoms with E-state index in [4.69, 9.17) is 19.9 Å². The minimum atomic E-state index is -0.710. The number of pyridine rings is 1. The Morgan fingerprint density at radius 3 is 2.53 bits per heavy atom. The number of hydrogen-bond acceptors (Lipinski definition) is 5. The number of aromatic nitrogens is 1. The standard InChI is InChI=1S/C23H30N2O5/c1-14(2)18-9-15-10-22(30-8-6-5-7-28-3)21(29-4)11-16(15)19-12-20(26)17(23(24)27)13-25(18)19/h10-14,18H,5-9H2,1-4H3,(H2,24,27). The smallest absolute Gasteiger partial charge is 0.254 e. The van der Waals surface area contributed by atoms with Crippen LogP contribution in [0.2, 0.25) is 0 Å². The number of primary amides is 1. The van der Waals surface area contributed by atoms with Crippen molar-refractivity contribution in [3.8, 4) is 22.8 Å². The van der Waals surface area contributed by atoms with Gasteiger partial charge in [0.2, 0.25) is 0 Å². The van der Waals surface area contributed by atoms with Crippen molar-refractivity contribution in [1.82, 2.24) is 4.57 Å². The highest BCUT2D eigenvalue weighted by Crippen LogP contribution is 2.42. The second-order valence-corrected chi connectivity index (χ2v) is 7.93. The van der Waals surface area contributed by atoms with Gasteiger partial charge in [-0.05, 0) is 42.9 Å². The van der Waals surface area contributed by atoms with Crippen molar-refractivity contribution < 1.29 is 19.0 Å². The Hall–Kier alpha value is -2.80. The Balaban J connectivity index is 2.03. The van der Waals surface area contributed by atoms with Gasteiger partial charge in [0.25, 0.3) is 5.91 Å². The van der Waals surface area contributed by atoms with Crippen LogP contribution in [-0.2, 0) is 11.2 Å². The number of nitrogens with zero attached hydrogens (tertiary/aromatic N) is 1. The van der Waals surface area contributed by atoms with Crippen LogP contribution in [0.25, 0.3) is 11.3 Å². The molecule has 0 fully saturated rings. The molecule has 0 saturated heterocycles. The molecule has 7 heteroatoms. The van der Waals surface area contributed by atoms with E-state index in [2.05, 4.69) is 13.8 Å². The summed E-state index contributed by atoms with van der Waals surface area (Å²) in [6.45, 7) is 5.53. The number of benzene rings is 1. The average Bonchev–Trinajstić information content (AvgIpc) is 2.71. The molecule has 1 unspecified atom stereocenters. The van der Waals surface area contributed by atoms with Crippen LogP contribution in [0.1, 0.15) is 48.7 Å². The number of amides is 1. The molecule has 0 saturated carbocycles. The molecule has 2 N–H and O–H groups in total. The average molecular weight is 415 g/mol. The van der Waals surface area contributed by atoms with Crippen molar-refractivity contribution in [2.75, 3.05) is 27.4 Å². The number of unbranched alkanes of at least 4 members (excludes halogenated alkanes) is 1. The van der Waals surface area contributed by atoms with Gasteiger partial charge >= 0.3 is 0 Å². The van der Waals surface area contributed by atoms with Crippen molar-refractivity contribution in [2.24, 2.45) is 11.7 Å². The highest BCUT2D eigenvalue weighted by atomic mass is 16.5. The molecule has 0 aliphatic carbocycles. The predicted octanol–water partition coefficient (Wildman–Crippen LogP) is 3.18. The van der Waals surface area contributed by atoms with E-state index in [1.54, 1.807) is 20.4 Å². The molecule has 1 aliphatic heterocycles. The number of nitrogens with two attached hydrogens (primary N) is 1. The first kappa shape index (κ1) is 21.9. The molecular weight excluding hydrogens is 384 g/mol. The Morgan fingerprint density at radius 2 is 1.90 bits per heavy atom. The summed E-state index contributed by atoms with van der Waals surface area (Å²) in [7, 11) is 3.29. The lowest BCUT2D eigenvalue weighted by Gasteiger charge is -2.34. The molecule has 7 nitrogen and oxygen atoms in total. The van der Waals surface area contributed by atoms with E-state index in [0.717, 1.165) is 36.1 Å². The molecule has 162 valence electrons. The maximum atomic E-state index is 12.5. The third-order valence-electron chi connectivity index (χ3n) is 5.57. The maximum Gasteiger partial charge on any atom is 0.254 e. The third-order valence-corrected chi connectivity index (χ3v) is 5.57. The van der Waals surface area contributed by atoms with Gasteiger partial charge in [-0.1, -0.05) is 13.8 Å². The number of ether oxygens (including phenoxy) is 3. The van der Waals surface area contributed by atoms with E-state index in [1.807, 2.05) is 16.7 Å². The zero-order valence-electron chi connectivity index (χ0n) is 18.1. The Kier molecular flexibility index (Phi) is 6.82. The fourth-order valence-corrected chi connectivity index (χ4v) is 3.92. The summed E-state index contributed by atoms with van der Waals surface area (Å²) < 4.78 is 18.6. The Morgan fingerprint density at radius 1 is 1.17 bits per heavy atom. The van der Waals surface area contributed by atoms with E-state index in [0.29, 0.717) is 30.6 Å². The van der Waals surface area contributed by atoms with Crippen LogP contribution in [0.5, 0.6) is 11.5 Å². The highest BCUT2D eigenvalue weighted by Gasteiger charge is 2.29. The summed E-state index contributed by atoms with van der Waals surface area (Å²) in [6, 6.07) is 5.51. The normalized spacial score (nSPS) is 14.9. The monoisotopic (exact) mass is 414 g/mol. The Labute approximate surface area is 176 Å². The molecule has 1 atom stereocenters. The van der Waals surface area contributed by atoms with E-state index in [-0.39, 0.29) is 17.0 Å². The molecule has 2 aromatic rings. The summed E-state index contributed by atoms with van der Waals surface area (Å²) in [5, 5.41) is 0. The first-order valence-corrected chi connectivity index (χ1v) is 10.3. The second-order valence-electron chi connectivity index (χ2n) is 7.93. The maximum absolute atomic E-state index is 12.5. The number of fused-ring (bicyclic) bond motifs is 3. The van der Waals surface area contributed by atoms with E-state index < -0.39 is 5.91 Å². The molecule has 0 spiro atoms. The molecule has 1 aromatic carbocycles. The number of methoxy groups -OCH3 is 2. The quantitative estimate of drug-likeness (QED) is 0.636. The summed E-state index contributed by atoms with van der Waals surface area (Å²) in [5.41, 5.74) is 7.80. The summed E-state index contributed by atoms with van der Waals surface area (Å²) >= 11 is 0. The lowest BCUT2D eigenvalue weighted by Crippen LogP contribution is -2.30. The van der Waals surface area contributed by atoms with Crippen LogP contribution in [0.15, 0.2) is 29.2 Å². The fourth-order valence-electron chi connectivity index (χ4n) is 3.92. The largest absolute Gasteiger partial charge is 0.493 e. The number of rotatable bonds is 9. The first-order chi connectivity index (χ1) is 14.4. The van der Waals surface area contributed by atoms with Crippen LogP contribution in [0, 0.1) is 5.92 Å². The van der Waals surface area contributed by atoms with Gasteiger partial charge < -0.3 is 24.5 Å². The lowest BCUT2D eigenvalue weighted by molar-refractivity contribution is 0.0998. The fraction of sp³-hybridized carbons (Fsp3) is 0.478. The van der Waals surface area contributed by atoms with Crippen molar-refractivity contribution in [3.05, 3.63) is 45.7 Å². The molecule has 1 amide bonds. The molecule has 3 rings (SSSR count). The minimum Gasteiger partial charge on any atom is -0.493 e. The van der Waals surface area contributed by atoms with Crippen LogP contribution < -0.4 is 20.6 Å². The number of carbonyl (C=O) groups excluding carboxylic acids is 1. The van der Waals surface area contributed by atoms with Crippen LogP contribution in [0.3, 0.4) is 0 Å². The van der Waals surface area contributed by atoms with E-state index in [9.17, 15) is 9.59 Å². The molecule has 30 heavy (non-hydrogen) atoms. The zero-order valence-corrected chi connectivity index (χ0v) is 18.1. The number of carbonyl (C=O) groups is 1. The van der Waals surface area contributed by atoms with Crippen molar-refractivity contribution in [1.29, 1.82) is 0 Å². The minimum absolute atomic E-state index is 0.0100. The van der Waals surface area contributed by atoms with Crippen molar-refractivity contribution in [2.45, 2.75) is 39.2 Å². The van der Waals surface area contributed by atoms with Gasteiger partial charge in [0, 0.05) is 37.6 Å². The van der Waals surface area contributed by atoms with Crippen LogP contribution in [-0.4, -0.2) is 37.9 Å². The van der Waals surface area contributed by atoms with Gasteiger partial charge in [-0.15, -0.1) is 0 Å². The predicted molar refractivity (Wildman–Crippen MR) is 115 cm³/mol. The van der Waals surface area contributed by atoms with E-state index >= 15 is 0 Å². The van der Waals surface area contributed by atoms with Gasteiger partial charge in [0.05, 0.1) is 19.4 Å². The summed E-state index contributed by atoms with van der Waals surface area (Å²) in [4.78, 5) is 24.2. The van der Waals surface area contributed by atoms with Gasteiger partial charge in [-0.25, -0.2) is 0 Å². The topological polar surface area (TPSA) is 92.8 Å². The van der Waals surface area contributed by atoms with Gasteiger partial charge in [-0.2, -0.15) is 0 Å². The van der Waals surface area contributed by atoms with Crippen molar-refractivity contribution >= 4 is 5.91 Å². The third kappa shape index (κ3) is 4.36. The molecule has 1 aliphatic rings. The summed E-state index contributed by atoms with van der Waals surface area (Å²) in [5.74, 6) is 0.890. The second kappa shape index (κ2) is 9.34. The van der Waals surface area contributed by atoms with Gasteiger partial charge in [0.15, 0.2) is 16.9 Å². The molecule has 0 radical (unpaired) electrons. The van der Waals surface area contributed by atoms with E-state index in [1.165, 1.54) is 6.07 Å². The van der Waals surface area contributed by atoms with Crippen LogP contribution >= 0.6 is 0 Å². The van der Waals surface area contributed by atoms with Crippen LogP contribution in [0.4, 0.5) is 0 Å². The first-order valence-electron chi connectivity index (χ1n) is 10.3. The lowest BCUT2D eigenvalue weighted by atomic mass is 9.87. The van der Waals surface area contributed by atoms with Crippen molar-refractivity contribution in [3.63, 3.8) is 0 Å². The molecule has 2 heterocycles. The summed E-state index contributed by atoms with van der Waals surface area (Å²) in [6.07, 6.45) is 4.17. The molecule has 1 aromatic heterocycles. The zero-order chi connectivity index (χ0) is 21.8. The number of hydrogen-bond donors (Lipinski definition) is 1. The van der Waals surface area contributed by atoms with Gasteiger partial charge in [0.1, 0.15) is 5.56 Å². The Bertz CT molecular complexity index is 980. The SMILES string of the molecule is COCCCCOc1cc2c(cc1OC)-c1cc(=O)c(C(N)=O)cn1C(C(C)C)C2. The van der Waals surface area contributed by atoms with Gasteiger partial charge in [-0.3, -0.25) is 9.59 Å². The molecular formula is C23H30N2O5.